The van der Waals surface area contributed by atoms with Gasteiger partial charge in [-0.25, -0.2) is 0 Å². The van der Waals surface area contributed by atoms with Crippen LogP contribution in [0.4, 0.5) is 0 Å². The summed E-state index contributed by atoms with van der Waals surface area (Å²) in [4.78, 5) is 47.7. The largest absolute Gasteiger partial charge is 0.481 e. The summed E-state index contributed by atoms with van der Waals surface area (Å²) in [6, 6.07) is 4.03. The maximum Gasteiger partial charge on any atom is 0.306 e. The van der Waals surface area contributed by atoms with Gasteiger partial charge in [0.05, 0.1) is 18.4 Å². The first-order valence-electron chi connectivity index (χ1n) is 9.66. The van der Waals surface area contributed by atoms with Crippen molar-refractivity contribution in [2.75, 3.05) is 12.0 Å². The molecule has 2 atom stereocenters. The number of thioether (sulfide) groups is 1. The second kappa shape index (κ2) is 14.1. The molecule has 0 saturated carbocycles. The average Bonchev–Trinajstić information content (AvgIpc) is 2.71. The average molecular weight is 505 g/mol. The molecule has 0 aliphatic heterocycles. The highest BCUT2D eigenvalue weighted by Gasteiger charge is 2.25. The summed E-state index contributed by atoms with van der Waals surface area (Å²) < 4.78 is 0. The van der Waals surface area contributed by atoms with E-state index in [1.54, 1.807) is 18.2 Å². The van der Waals surface area contributed by atoms with Crippen molar-refractivity contribution in [2.45, 2.75) is 38.1 Å². The first-order valence-corrected chi connectivity index (χ1v) is 11.8. The number of hydrogen-bond acceptors (Lipinski definition) is 7. The van der Waals surface area contributed by atoms with Crippen molar-refractivity contribution in [1.82, 2.24) is 10.6 Å². The predicted octanol–water partition coefficient (Wildman–Crippen LogP) is 2.22. The predicted molar refractivity (Wildman–Crippen MR) is 125 cm³/mol. The smallest absolute Gasteiger partial charge is 0.306 e. The lowest BCUT2D eigenvalue weighted by atomic mass is 9.93. The number of carbonyl (C=O) groups excluding carboxylic acids is 3. The van der Waals surface area contributed by atoms with Gasteiger partial charge in [-0.3, -0.25) is 35.2 Å². The van der Waals surface area contributed by atoms with E-state index in [1.807, 2.05) is 6.26 Å². The maximum atomic E-state index is 12.1. The Morgan fingerprint density at radius 2 is 1.72 bits per heavy atom. The number of rotatable bonds is 12. The van der Waals surface area contributed by atoms with Crippen molar-refractivity contribution >= 4 is 64.5 Å². The minimum atomic E-state index is -1.21. The van der Waals surface area contributed by atoms with Crippen molar-refractivity contribution in [3.8, 4) is 0 Å². The number of carboxylic acid groups (broad SMARTS) is 1. The second-order valence-corrected chi connectivity index (χ2v) is 8.78. The molecule has 0 fully saturated rings. The van der Waals surface area contributed by atoms with E-state index >= 15 is 0 Å². The summed E-state index contributed by atoms with van der Waals surface area (Å²) in [7, 11) is 0. The lowest BCUT2D eigenvalue weighted by Gasteiger charge is -2.15. The summed E-state index contributed by atoms with van der Waals surface area (Å²) in [6.07, 6.45) is 1.49. The molecular formula is C20H26Cl2N4O5S. The summed E-state index contributed by atoms with van der Waals surface area (Å²) in [5, 5.41) is 22.0. The molecule has 0 spiro atoms. The van der Waals surface area contributed by atoms with E-state index in [1.165, 1.54) is 11.8 Å². The fraction of sp³-hybridized carbons (Fsp3) is 0.450. The van der Waals surface area contributed by atoms with Gasteiger partial charge >= 0.3 is 5.97 Å². The van der Waals surface area contributed by atoms with E-state index in [2.05, 4.69) is 10.6 Å². The molecule has 0 radical (unpaired) electrons. The fourth-order valence-corrected chi connectivity index (χ4v) is 3.72. The number of carbonyl (C=O) groups is 4. The van der Waals surface area contributed by atoms with Crippen LogP contribution in [-0.4, -0.2) is 52.7 Å². The molecule has 2 amide bonds. The van der Waals surface area contributed by atoms with Gasteiger partial charge in [0.15, 0.2) is 0 Å². The number of guanidine groups is 1. The molecule has 0 heterocycles. The van der Waals surface area contributed by atoms with E-state index in [0.717, 1.165) is 0 Å². The molecule has 176 valence electrons. The van der Waals surface area contributed by atoms with Gasteiger partial charge in [-0.2, -0.15) is 11.8 Å². The number of carboxylic acids is 1. The molecule has 32 heavy (non-hydrogen) atoms. The van der Waals surface area contributed by atoms with Gasteiger partial charge in [-0.15, -0.1) is 0 Å². The minimum absolute atomic E-state index is 0.112. The molecule has 1 rings (SSSR count). The van der Waals surface area contributed by atoms with Crippen LogP contribution in [-0.2, 0) is 25.6 Å². The van der Waals surface area contributed by atoms with Crippen molar-refractivity contribution in [3.63, 3.8) is 0 Å². The van der Waals surface area contributed by atoms with Crippen LogP contribution < -0.4 is 16.4 Å². The van der Waals surface area contributed by atoms with Crippen LogP contribution in [0, 0.1) is 11.3 Å². The zero-order valence-corrected chi connectivity index (χ0v) is 19.8. The highest BCUT2D eigenvalue weighted by molar-refractivity contribution is 7.98. The number of hydrogen-bond donors (Lipinski definition) is 5. The van der Waals surface area contributed by atoms with E-state index in [9.17, 15) is 24.3 Å². The van der Waals surface area contributed by atoms with Gasteiger partial charge in [0.2, 0.25) is 17.8 Å². The number of aliphatic carboxylic acids is 1. The van der Waals surface area contributed by atoms with E-state index in [4.69, 9.17) is 34.3 Å². The van der Waals surface area contributed by atoms with Gasteiger partial charge in [0.25, 0.3) is 0 Å². The van der Waals surface area contributed by atoms with Crippen molar-refractivity contribution < 1.29 is 24.3 Å². The van der Waals surface area contributed by atoms with Crippen molar-refractivity contribution in [2.24, 2.45) is 11.7 Å². The summed E-state index contributed by atoms with van der Waals surface area (Å²) in [5.74, 6) is -3.81. The van der Waals surface area contributed by atoms with Gasteiger partial charge < -0.3 is 10.8 Å². The number of amides is 2. The Kier molecular flexibility index (Phi) is 12.3. The first kappa shape index (κ1) is 27.9. The number of benzene rings is 1. The third-order valence-electron chi connectivity index (χ3n) is 4.49. The Morgan fingerprint density at radius 1 is 1.12 bits per heavy atom. The molecular weight excluding hydrogens is 479 g/mol. The molecule has 0 saturated heterocycles. The molecule has 0 bridgehead atoms. The Labute approximate surface area is 200 Å². The SMILES string of the molecule is CSCC[C@@H](N)C(=O)C[C@@H](CCC(=O)NC(=N)NC(=O)Cc1c(Cl)cccc1Cl)C(=O)O. The zero-order valence-electron chi connectivity index (χ0n) is 17.5. The standard InChI is InChI=1S/C20H26Cl2N4O5S/c1-32-8-7-15(23)16(27)9-11(19(30)31)5-6-17(28)25-20(24)26-18(29)10-12-13(21)3-2-4-14(12)22/h2-4,11,15H,5-10,23H2,1H3,(H,30,31)(H3,24,25,26,28,29)/t11-,15-/m1/s1. The topological polar surface area (TPSA) is 162 Å². The Morgan fingerprint density at radius 3 is 2.28 bits per heavy atom. The summed E-state index contributed by atoms with van der Waals surface area (Å²) >= 11 is 13.5. The normalized spacial score (nSPS) is 12.5. The number of ketones is 1. The number of nitrogens with two attached hydrogens (primary N) is 1. The minimum Gasteiger partial charge on any atom is -0.481 e. The van der Waals surface area contributed by atoms with Gasteiger partial charge in [0.1, 0.15) is 5.78 Å². The summed E-state index contributed by atoms with van der Waals surface area (Å²) in [5.41, 5.74) is 6.16. The first-order chi connectivity index (χ1) is 15.0. The number of nitrogens with one attached hydrogen (secondary N) is 3. The molecule has 0 aliphatic rings. The van der Waals surface area contributed by atoms with Crippen molar-refractivity contribution in [3.05, 3.63) is 33.8 Å². The Hall–Kier alpha value is -2.14. The molecule has 1 aromatic carbocycles. The van der Waals surface area contributed by atoms with Crippen molar-refractivity contribution in [1.29, 1.82) is 5.41 Å². The van der Waals surface area contributed by atoms with Crippen LogP contribution in [0.2, 0.25) is 10.0 Å². The van der Waals surface area contributed by atoms with E-state index < -0.39 is 35.7 Å². The van der Waals surface area contributed by atoms with Gasteiger partial charge in [0, 0.05) is 22.9 Å². The maximum absolute atomic E-state index is 12.1. The second-order valence-electron chi connectivity index (χ2n) is 6.98. The molecule has 0 aromatic heterocycles. The molecule has 1 aromatic rings. The molecule has 0 unspecified atom stereocenters. The quantitative estimate of drug-likeness (QED) is 0.215. The summed E-state index contributed by atoms with van der Waals surface area (Å²) in [6.45, 7) is 0. The Bertz CT molecular complexity index is 848. The van der Waals surface area contributed by atoms with Crippen LogP contribution in [0.1, 0.15) is 31.2 Å². The molecule has 0 aliphatic carbocycles. The molecule has 9 nitrogen and oxygen atoms in total. The Balaban J connectivity index is 2.50. The van der Waals surface area contributed by atoms with Gasteiger partial charge in [-0.05, 0) is 42.5 Å². The monoisotopic (exact) mass is 504 g/mol. The molecule has 12 heteroatoms. The highest BCUT2D eigenvalue weighted by Crippen LogP contribution is 2.24. The van der Waals surface area contributed by atoms with Crippen LogP contribution in [0.15, 0.2) is 18.2 Å². The fourth-order valence-electron chi connectivity index (χ4n) is 2.70. The van der Waals surface area contributed by atoms with E-state index in [-0.39, 0.29) is 31.5 Å². The van der Waals surface area contributed by atoms with Crippen LogP contribution in [0.5, 0.6) is 0 Å². The third kappa shape index (κ3) is 9.99. The number of Topliss-reactive ketones (excluding diaryl/α,β-unsaturated/α-hetero) is 1. The van der Waals surface area contributed by atoms with Crippen LogP contribution >= 0.6 is 35.0 Å². The van der Waals surface area contributed by atoms with Gasteiger partial charge in [-0.1, -0.05) is 29.3 Å². The van der Waals surface area contributed by atoms with Crippen LogP contribution in [0.3, 0.4) is 0 Å². The van der Waals surface area contributed by atoms with E-state index in [0.29, 0.717) is 27.8 Å². The lowest BCUT2D eigenvalue weighted by molar-refractivity contribution is -0.144. The third-order valence-corrected chi connectivity index (χ3v) is 5.84. The lowest BCUT2D eigenvalue weighted by Crippen LogP contribution is -2.43. The zero-order chi connectivity index (χ0) is 24.3. The number of halogens is 2. The highest BCUT2D eigenvalue weighted by atomic mass is 35.5. The molecule has 6 N–H and O–H groups in total. The van der Waals surface area contributed by atoms with Crippen LogP contribution in [0.25, 0.3) is 0 Å².